The molecular weight excluding hydrogens is 398 g/mol. The highest BCUT2D eigenvalue weighted by Crippen LogP contribution is 2.34. The molecule has 1 heterocycles. The van der Waals surface area contributed by atoms with E-state index in [1.165, 1.54) is 23.1 Å². The fraction of sp³-hybridized carbons (Fsp3) is 0.391. The molecule has 1 aliphatic rings. The quantitative estimate of drug-likeness (QED) is 0.435. The minimum absolute atomic E-state index is 0.135. The summed E-state index contributed by atoms with van der Waals surface area (Å²) >= 11 is 0. The zero-order valence-corrected chi connectivity index (χ0v) is 18.0. The second-order valence-electron chi connectivity index (χ2n) is 8.49. The lowest BCUT2D eigenvalue weighted by atomic mass is 10.0. The van der Waals surface area contributed by atoms with Gasteiger partial charge in [0.25, 0.3) is 5.69 Å². The molecule has 0 radical (unpaired) electrons. The van der Waals surface area contributed by atoms with Gasteiger partial charge in [-0.1, -0.05) is 30.3 Å². The summed E-state index contributed by atoms with van der Waals surface area (Å²) in [6, 6.07) is 12.6. The van der Waals surface area contributed by atoms with E-state index in [1.807, 2.05) is 0 Å². The molecule has 1 N–H and O–H groups in total. The standard InChI is InChI=1S/C23H27N3O5/c1-23(2,3)31-22(28)25(18-11-13-24-14-12-18)19-10-9-17(15-20(19)26(29)30)21(27)16-7-5-4-6-8-16/h4-10,15,18,24H,11-14H2,1-3H3. The van der Waals surface area contributed by atoms with E-state index in [1.54, 1.807) is 51.1 Å². The predicted molar refractivity (Wildman–Crippen MR) is 118 cm³/mol. The van der Waals surface area contributed by atoms with Gasteiger partial charge in [-0.05, 0) is 58.8 Å². The van der Waals surface area contributed by atoms with Crippen LogP contribution < -0.4 is 10.2 Å². The van der Waals surface area contributed by atoms with Gasteiger partial charge in [0, 0.05) is 23.2 Å². The molecule has 0 bridgehead atoms. The lowest BCUT2D eigenvalue weighted by Gasteiger charge is -2.35. The van der Waals surface area contributed by atoms with Gasteiger partial charge in [0.1, 0.15) is 11.3 Å². The molecule has 1 fully saturated rings. The number of carbonyl (C=O) groups is 2. The van der Waals surface area contributed by atoms with E-state index in [2.05, 4.69) is 5.32 Å². The summed E-state index contributed by atoms with van der Waals surface area (Å²) in [5.41, 5.74) is -0.287. The SMILES string of the molecule is CC(C)(C)OC(=O)N(c1ccc(C(=O)c2ccccc2)cc1[N+](=O)[O-])C1CCNCC1. The smallest absolute Gasteiger partial charge is 0.415 e. The number of ether oxygens (including phenoxy) is 1. The molecule has 1 saturated heterocycles. The summed E-state index contributed by atoms with van der Waals surface area (Å²) in [6.07, 6.45) is 0.645. The first-order chi connectivity index (χ1) is 14.7. The van der Waals surface area contributed by atoms with E-state index >= 15 is 0 Å². The molecule has 31 heavy (non-hydrogen) atoms. The minimum Gasteiger partial charge on any atom is -0.443 e. The number of piperidine rings is 1. The molecule has 1 aliphatic heterocycles. The molecule has 8 nitrogen and oxygen atoms in total. The molecule has 1 amide bonds. The molecule has 0 unspecified atom stereocenters. The third kappa shape index (κ3) is 5.46. The number of rotatable bonds is 5. The Morgan fingerprint density at radius 1 is 1.06 bits per heavy atom. The van der Waals surface area contributed by atoms with Gasteiger partial charge in [-0.15, -0.1) is 0 Å². The average molecular weight is 425 g/mol. The van der Waals surface area contributed by atoms with Crippen LogP contribution in [0.4, 0.5) is 16.2 Å². The Kier molecular flexibility index (Phi) is 6.70. The molecule has 3 rings (SSSR count). The number of ketones is 1. The molecule has 8 heteroatoms. The Bertz CT molecular complexity index is 963. The number of nitro groups is 1. The predicted octanol–water partition coefficient (Wildman–Crippen LogP) is 4.32. The maximum atomic E-state index is 13.1. The van der Waals surface area contributed by atoms with Crippen LogP contribution in [0.2, 0.25) is 0 Å². The van der Waals surface area contributed by atoms with Crippen molar-refractivity contribution in [2.24, 2.45) is 0 Å². The molecular formula is C23H27N3O5. The van der Waals surface area contributed by atoms with Gasteiger partial charge in [0.2, 0.25) is 0 Å². The molecule has 0 aliphatic carbocycles. The molecule has 164 valence electrons. The number of carbonyl (C=O) groups excluding carboxylic acids is 2. The van der Waals surface area contributed by atoms with Crippen molar-refractivity contribution in [3.63, 3.8) is 0 Å². The largest absolute Gasteiger partial charge is 0.443 e. The van der Waals surface area contributed by atoms with Crippen molar-refractivity contribution in [3.05, 3.63) is 69.8 Å². The Balaban J connectivity index is 2.04. The van der Waals surface area contributed by atoms with Crippen molar-refractivity contribution in [1.29, 1.82) is 0 Å². The van der Waals surface area contributed by atoms with E-state index < -0.39 is 16.6 Å². The van der Waals surface area contributed by atoms with Crippen LogP contribution >= 0.6 is 0 Å². The van der Waals surface area contributed by atoms with Crippen molar-refractivity contribution >= 4 is 23.3 Å². The van der Waals surface area contributed by atoms with Gasteiger partial charge in [0.15, 0.2) is 5.78 Å². The molecule has 0 spiro atoms. The lowest BCUT2D eigenvalue weighted by molar-refractivity contribution is -0.384. The zero-order valence-electron chi connectivity index (χ0n) is 18.0. The van der Waals surface area contributed by atoms with Crippen molar-refractivity contribution in [2.45, 2.75) is 45.3 Å². The minimum atomic E-state index is -0.750. The van der Waals surface area contributed by atoms with Crippen LogP contribution in [-0.4, -0.2) is 41.5 Å². The van der Waals surface area contributed by atoms with Crippen LogP contribution in [0.15, 0.2) is 48.5 Å². The summed E-state index contributed by atoms with van der Waals surface area (Å²) in [5, 5.41) is 15.2. The van der Waals surface area contributed by atoms with Gasteiger partial charge < -0.3 is 10.1 Å². The number of nitro benzene ring substituents is 1. The fourth-order valence-electron chi connectivity index (χ4n) is 3.59. The molecule has 0 atom stereocenters. The molecule has 0 aromatic heterocycles. The number of nitrogens with zero attached hydrogens (tertiary/aromatic N) is 2. The van der Waals surface area contributed by atoms with Crippen molar-refractivity contribution in [3.8, 4) is 0 Å². The van der Waals surface area contributed by atoms with Gasteiger partial charge in [-0.25, -0.2) is 4.79 Å². The van der Waals surface area contributed by atoms with Crippen LogP contribution in [0.3, 0.4) is 0 Å². The zero-order chi connectivity index (χ0) is 22.6. The summed E-state index contributed by atoms with van der Waals surface area (Å²) in [5.74, 6) is -0.319. The van der Waals surface area contributed by atoms with Crippen LogP contribution in [0.1, 0.15) is 49.5 Å². The first kappa shape index (κ1) is 22.4. The van der Waals surface area contributed by atoms with Gasteiger partial charge in [-0.3, -0.25) is 19.8 Å². The summed E-state index contributed by atoms with van der Waals surface area (Å²) < 4.78 is 5.57. The highest BCUT2D eigenvalue weighted by molar-refractivity contribution is 6.10. The Morgan fingerprint density at radius 2 is 1.71 bits per heavy atom. The number of amides is 1. The topological polar surface area (TPSA) is 102 Å². The van der Waals surface area contributed by atoms with Crippen LogP contribution in [0.5, 0.6) is 0 Å². The third-order valence-electron chi connectivity index (χ3n) is 4.99. The first-order valence-electron chi connectivity index (χ1n) is 10.3. The van der Waals surface area contributed by atoms with Crippen molar-refractivity contribution in [2.75, 3.05) is 18.0 Å². The molecule has 0 saturated carbocycles. The van der Waals surface area contributed by atoms with Crippen molar-refractivity contribution in [1.82, 2.24) is 5.32 Å². The molecule has 2 aromatic carbocycles. The van der Waals surface area contributed by atoms with Crippen LogP contribution in [-0.2, 0) is 4.74 Å². The number of nitrogens with one attached hydrogen (secondary N) is 1. The molecule has 2 aromatic rings. The number of hydrogen-bond donors (Lipinski definition) is 1. The van der Waals surface area contributed by atoms with E-state index in [4.69, 9.17) is 4.74 Å². The van der Waals surface area contributed by atoms with E-state index in [9.17, 15) is 19.7 Å². The van der Waals surface area contributed by atoms with Crippen LogP contribution in [0, 0.1) is 10.1 Å². The van der Waals surface area contributed by atoms with Crippen LogP contribution in [0.25, 0.3) is 0 Å². The van der Waals surface area contributed by atoms with Gasteiger partial charge in [0.05, 0.1) is 4.92 Å². The Labute approximate surface area is 181 Å². The Morgan fingerprint density at radius 3 is 2.29 bits per heavy atom. The monoisotopic (exact) mass is 425 g/mol. The third-order valence-corrected chi connectivity index (χ3v) is 4.99. The normalized spacial score (nSPS) is 14.7. The van der Waals surface area contributed by atoms with Gasteiger partial charge >= 0.3 is 6.09 Å². The first-order valence-corrected chi connectivity index (χ1v) is 10.3. The lowest BCUT2D eigenvalue weighted by Crippen LogP contribution is -2.48. The summed E-state index contributed by atoms with van der Waals surface area (Å²) in [4.78, 5) is 38.6. The maximum absolute atomic E-state index is 13.1. The average Bonchev–Trinajstić information content (AvgIpc) is 2.73. The van der Waals surface area contributed by atoms with Gasteiger partial charge in [-0.2, -0.15) is 0 Å². The highest BCUT2D eigenvalue weighted by Gasteiger charge is 2.35. The maximum Gasteiger partial charge on any atom is 0.415 e. The second kappa shape index (κ2) is 9.26. The van der Waals surface area contributed by atoms with E-state index in [-0.39, 0.29) is 28.8 Å². The number of anilines is 1. The summed E-state index contributed by atoms with van der Waals surface area (Å²) in [6.45, 7) is 6.65. The Hall–Kier alpha value is -3.26. The highest BCUT2D eigenvalue weighted by atomic mass is 16.6. The summed E-state index contributed by atoms with van der Waals surface area (Å²) in [7, 11) is 0. The number of benzene rings is 2. The van der Waals surface area contributed by atoms with E-state index in [0.717, 1.165) is 0 Å². The van der Waals surface area contributed by atoms with Crippen molar-refractivity contribution < 1.29 is 19.2 Å². The van der Waals surface area contributed by atoms with E-state index in [0.29, 0.717) is 31.5 Å². The second-order valence-corrected chi connectivity index (χ2v) is 8.49. The number of hydrogen-bond acceptors (Lipinski definition) is 6. The fourth-order valence-corrected chi connectivity index (χ4v) is 3.59.